The minimum absolute atomic E-state index is 0.355. The second-order valence-electron chi connectivity index (χ2n) is 2.98. The van der Waals surface area contributed by atoms with Gasteiger partial charge < -0.3 is 9.84 Å². The predicted molar refractivity (Wildman–Crippen MR) is 54.6 cm³/mol. The average Bonchev–Trinajstić information content (AvgIpc) is 2.11. The monoisotopic (exact) mass is 387 g/mol. The van der Waals surface area contributed by atoms with E-state index in [9.17, 15) is 26.3 Å². The van der Waals surface area contributed by atoms with Gasteiger partial charge >= 0.3 is 12.5 Å². The summed E-state index contributed by atoms with van der Waals surface area (Å²) >= 11 is 1.12. The molecule has 0 saturated heterocycles. The van der Waals surface area contributed by atoms with Crippen LogP contribution in [0.4, 0.5) is 26.3 Å². The van der Waals surface area contributed by atoms with Crippen molar-refractivity contribution in [2.24, 2.45) is 0 Å². The van der Waals surface area contributed by atoms with Crippen LogP contribution in [0.25, 0.3) is 0 Å². The molecular formula is C8H4F6INO2. The number of rotatable bonds is 2. The van der Waals surface area contributed by atoms with Crippen LogP contribution in [-0.4, -0.2) is 16.5 Å². The molecule has 0 atom stereocenters. The van der Waals surface area contributed by atoms with Crippen molar-refractivity contribution >= 4 is 22.6 Å². The minimum Gasteiger partial charge on any atom is -0.405 e. The molecular weight excluding hydrogens is 383 g/mol. The maximum absolute atomic E-state index is 12.6. The summed E-state index contributed by atoms with van der Waals surface area (Å²) in [5.74, 6) is -1.43. The maximum Gasteiger partial charge on any atom is 0.573 e. The highest BCUT2D eigenvalue weighted by molar-refractivity contribution is 14.1. The summed E-state index contributed by atoms with van der Waals surface area (Å²) in [5, 5.41) is 8.69. The third-order valence-electron chi connectivity index (χ3n) is 1.66. The molecule has 0 aliphatic rings. The van der Waals surface area contributed by atoms with Crippen molar-refractivity contribution < 1.29 is 36.2 Å². The van der Waals surface area contributed by atoms with Crippen molar-refractivity contribution in [3.05, 3.63) is 21.0 Å². The van der Waals surface area contributed by atoms with Crippen molar-refractivity contribution in [3.63, 3.8) is 0 Å². The molecule has 0 amide bonds. The molecule has 1 heterocycles. The highest BCUT2D eigenvalue weighted by Crippen LogP contribution is 2.40. The Bertz CT molecular complexity index is 444. The molecule has 102 valence electrons. The molecule has 1 aromatic heterocycles. The fourth-order valence-electron chi connectivity index (χ4n) is 1.08. The molecule has 1 N–H and O–H groups in total. The van der Waals surface area contributed by atoms with Crippen LogP contribution in [-0.2, 0) is 12.8 Å². The van der Waals surface area contributed by atoms with E-state index in [0.717, 1.165) is 22.6 Å². The Hall–Kier alpha value is -0.780. The lowest BCUT2D eigenvalue weighted by molar-refractivity contribution is -0.276. The Kier molecular flexibility index (Phi) is 4.30. The van der Waals surface area contributed by atoms with Gasteiger partial charge in [-0.3, -0.25) is 0 Å². The van der Waals surface area contributed by atoms with Crippen molar-refractivity contribution in [1.82, 2.24) is 4.98 Å². The third-order valence-corrected chi connectivity index (χ3v) is 2.44. The normalized spacial score (nSPS) is 12.7. The minimum atomic E-state index is -5.27. The molecule has 0 unspecified atom stereocenters. The number of aliphatic hydroxyl groups is 1. The van der Waals surface area contributed by atoms with Crippen LogP contribution in [0.2, 0.25) is 0 Å². The molecule has 3 nitrogen and oxygen atoms in total. The van der Waals surface area contributed by atoms with Gasteiger partial charge in [0.1, 0.15) is 15.0 Å². The van der Waals surface area contributed by atoms with E-state index >= 15 is 0 Å². The van der Waals surface area contributed by atoms with Gasteiger partial charge in [0.05, 0.1) is 12.3 Å². The van der Waals surface area contributed by atoms with Gasteiger partial charge in [0.15, 0.2) is 0 Å². The van der Waals surface area contributed by atoms with Gasteiger partial charge in [0.2, 0.25) is 0 Å². The van der Waals surface area contributed by atoms with E-state index in [0.29, 0.717) is 6.07 Å². The second kappa shape index (κ2) is 5.07. The lowest BCUT2D eigenvalue weighted by atomic mass is 10.2. The van der Waals surface area contributed by atoms with E-state index in [1.165, 1.54) is 0 Å². The van der Waals surface area contributed by atoms with Gasteiger partial charge in [-0.15, -0.1) is 13.2 Å². The number of aliphatic hydroxyl groups excluding tert-OH is 1. The Labute approximate surface area is 110 Å². The van der Waals surface area contributed by atoms with Gasteiger partial charge in [-0.1, -0.05) is 0 Å². The number of pyridine rings is 1. The zero-order valence-electron chi connectivity index (χ0n) is 8.23. The summed E-state index contributed by atoms with van der Waals surface area (Å²) in [6.07, 6.45) is -10.3. The first kappa shape index (κ1) is 15.3. The molecule has 0 saturated carbocycles. The molecule has 0 aliphatic carbocycles. The van der Waals surface area contributed by atoms with Gasteiger partial charge in [-0.2, -0.15) is 13.2 Å². The van der Waals surface area contributed by atoms with Gasteiger partial charge in [0.25, 0.3) is 0 Å². The van der Waals surface area contributed by atoms with Crippen molar-refractivity contribution in [2.45, 2.75) is 19.1 Å². The van der Waals surface area contributed by atoms with E-state index in [4.69, 9.17) is 5.11 Å². The van der Waals surface area contributed by atoms with Crippen LogP contribution < -0.4 is 4.74 Å². The van der Waals surface area contributed by atoms with Crippen molar-refractivity contribution in [3.8, 4) is 5.75 Å². The summed E-state index contributed by atoms with van der Waals surface area (Å²) in [7, 11) is 0. The van der Waals surface area contributed by atoms with Gasteiger partial charge in [0, 0.05) is 6.07 Å². The molecule has 0 radical (unpaired) electrons. The lowest BCUT2D eigenvalue weighted by Gasteiger charge is -2.17. The summed E-state index contributed by atoms with van der Waals surface area (Å²) in [4.78, 5) is 3.32. The van der Waals surface area contributed by atoms with E-state index in [1.54, 1.807) is 0 Å². The number of hydrogen-bond acceptors (Lipinski definition) is 3. The van der Waals surface area contributed by atoms with Crippen molar-refractivity contribution in [1.29, 1.82) is 0 Å². The number of nitrogens with zero attached hydrogens (tertiary/aromatic N) is 1. The molecule has 0 aromatic carbocycles. The Balaban J connectivity index is 3.39. The molecule has 0 fully saturated rings. The number of aromatic nitrogens is 1. The number of hydrogen-bond donors (Lipinski definition) is 1. The second-order valence-corrected chi connectivity index (χ2v) is 4.00. The zero-order valence-corrected chi connectivity index (χ0v) is 10.4. The van der Waals surface area contributed by atoms with Gasteiger partial charge in [-0.05, 0) is 22.6 Å². The predicted octanol–water partition coefficient (Wildman–Crippen LogP) is 3.10. The third kappa shape index (κ3) is 3.86. The van der Waals surface area contributed by atoms with Crippen LogP contribution >= 0.6 is 22.6 Å². The molecule has 1 rings (SSSR count). The van der Waals surface area contributed by atoms with Crippen LogP contribution in [0, 0.1) is 3.70 Å². The van der Waals surface area contributed by atoms with Crippen LogP contribution in [0.3, 0.4) is 0 Å². The van der Waals surface area contributed by atoms with E-state index in [2.05, 4.69) is 9.72 Å². The molecule has 1 aromatic rings. The number of halogens is 7. The summed E-state index contributed by atoms with van der Waals surface area (Å²) in [6.45, 7) is -0.803. The van der Waals surface area contributed by atoms with Crippen LogP contribution in [0.15, 0.2) is 6.07 Å². The van der Waals surface area contributed by atoms with E-state index in [-0.39, 0.29) is 5.69 Å². The fourth-order valence-corrected chi connectivity index (χ4v) is 1.96. The SMILES string of the molecule is OCc1cc(OC(F)(F)F)c(C(F)(F)F)c(I)n1. The largest absolute Gasteiger partial charge is 0.573 e. The number of ether oxygens (including phenoxy) is 1. The standard InChI is InChI=1S/C8H4F6INO2/c9-7(10,11)5-4(18-8(12,13)14)1-3(2-17)16-6(5)15/h1,17H,2H2. The molecule has 18 heavy (non-hydrogen) atoms. The van der Waals surface area contributed by atoms with Crippen LogP contribution in [0.1, 0.15) is 11.3 Å². The zero-order chi connectivity index (χ0) is 14.1. The van der Waals surface area contributed by atoms with E-state index < -0.39 is 34.2 Å². The fraction of sp³-hybridized carbons (Fsp3) is 0.375. The Morgan fingerprint density at radius 2 is 1.78 bits per heavy atom. The number of alkyl halides is 6. The maximum atomic E-state index is 12.6. The Morgan fingerprint density at radius 1 is 1.22 bits per heavy atom. The highest BCUT2D eigenvalue weighted by atomic mass is 127. The first-order valence-electron chi connectivity index (χ1n) is 4.18. The first-order chi connectivity index (χ1) is 8.04. The van der Waals surface area contributed by atoms with Crippen molar-refractivity contribution in [2.75, 3.05) is 0 Å². The van der Waals surface area contributed by atoms with Gasteiger partial charge in [-0.25, -0.2) is 4.98 Å². The summed E-state index contributed by atoms with van der Waals surface area (Å²) in [6, 6.07) is 0.401. The Morgan fingerprint density at radius 3 is 2.17 bits per heavy atom. The molecule has 10 heteroatoms. The lowest BCUT2D eigenvalue weighted by Crippen LogP contribution is -2.21. The smallest absolute Gasteiger partial charge is 0.405 e. The quantitative estimate of drug-likeness (QED) is 0.482. The summed E-state index contributed by atoms with van der Waals surface area (Å²) < 4.78 is 76.3. The first-order valence-corrected chi connectivity index (χ1v) is 5.25. The molecule has 0 spiro atoms. The molecule has 0 bridgehead atoms. The van der Waals surface area contributed by atoms with Crippen LogP contribution in [0.5, 0.6) is 5.75 Å². The molecule has 0 aliphatic heterocycles. The average molecular weight is 387 g/mol. The summed E-state index contributed by atoms with van der Waals surface area (Å²) in [5.41, 5.74) is -1.98. The topological polar surface area (TPSA) is 42.4 Å². The highest BCUT2D eigenvalue weighted by Gasteiger charge is 2.42. The van der Waals surface area contributed by atoms with E-state index in [1.807, 2.05) is 0 Å².